The summed E-state index contributed by atoms with van der Waals surface area (Å²) in [5.41, 5.74) is 2.96. The van der Waals surface area contributed by atoms with Gasteiger partial charge in [-0.15, -0.1) is 0 Å². The minimum atomic E-state index is -0.995. The lowest BCUT2D eigenvalue weighted by molar-refractivity contribution is 0.0697. The van der Waals surface area contributed by atoms with Gasteiger partial charge in [0.05, 0.1) is 11.1 Å². The highest BCUT2D eigenvalue weighted by atomic mass is 19.1. The zero-order valence-electron chi connectivity index (χ0n) is 11.8. The van der Waals surface area contributed by atoms with Crippen molar-refractivity contribution in [3.05, 3.63) is 65.6 Å². The second kappa shape index (κ2) is 5.44. The summed E-state index contributed by atoms with van der Waals surface area (Å²) in [6.07, 6.45) is 0. The van der Waals surface area contributed by atoms with Crippen LogP contribution in [0.5, 0.6) is 0 Å². The van der Waals surface area contributed by atoms with Gasteiger partial charge in [0, 0.05) is 22.5 Å². The number of nitrogens with zero attached hydrogens (tertiary/aromatic N) is 1. The standard InChI is InChI=1S/C17H13FN2O2/c1-10-7-16(14-9-12(18)5-6-15(14)19-10)20-13-4-2-3-11(8-13)17(21)22/h2-9H,1H3,(H,19,20)(H,21,22). The molecule has 0 aliphatic carbocycles. The predicted molar refractivity (Wildman–Crippen MR) is 83.1 cm³/mol. The quantitative estimate of drug-likeness (QED) is 0.763. The first kappa shape index (κ1) is 14.0. The van der Waals surface area contributed by atoms with Gasteiger partial charge in [0.1, 0.15) is 5.82 Å². The lowest BCUT2D eigenvalue weighted by Gasteiger charge is -2.11. The molecular weight excluding hydrogens is 283 g/mol. The third-order valence-electron chi connectivity index (χ3n) is 3.29. The molecule has 22 heavy (non-hydrogen) atoms. The summed E-state index contributed by atoms with van der Waals surface area (Å²) in [4.78, 5) is 15.4. The second-order valence-electron chi connectivity index (χ2n) is 4.98. The fourth-order valence-electron chi connectivity index (χ4n) is 2.32. The lowest BCUT2D eigenvalue weighted by Crippen LogP contribution is -1.99. The van der Waals surface area contributed by atoms with Gasteiger partial charge in [0.15, 0.2) is 0 Å². The molecule has 3 aromatic rings. The van der Waals surface area contributed by atoms with Gasteiger partial charge in [-0.05, 0) is 49.4 Å². The zero-order valence-corrected chi connectivity index (χ0v) is 11.8. The van der Waals surface area contributed by atoms with Gasteiger partial charge in [0.25, 0.3) is 0 Å². The molecule has 0 bridgehead atoms. The van der Waals surface area contributed by atoms with Crippen molar-refractivity contribution in [1.29, 1.82) is 0 Å². The molecule has 0 fully saturated rings. The molecule has 0 radical (unpaired) electrons. The zero-order chi connectivity index (χ0) is 15.7. The number of aryl methyl sites for hydroxylation is 1. The van der Waals surface area contributed by atoms with E-state index in [9.17, 15) is 9.18 Å². The SMILES string of the molecule is Cc1cc(Nc2cccc(C(=O)O)c2)c2cc(F)ccc2n1. The molecule has 110 valence electrons. The van der Waals surface area contributed by atoms with Gasteiger partial charge < -0.3 is 10.4 Å². The summed E-state index contributed by atoms with van der Waals surface area (Å²) in [7, 11) is 0. The molecule has 0 aliphatic rings. The van der Waals surface area contributed by atoms with E-state index in [2.05, 4.69) is 10.3 Å². The van der Waals surface area contributed by atoms with E-state index < -0.39 is 5.97 Å². The van der Waals surface area contributed by atoms with E-state index in [0.29, 0.717) is 22.3 Å². The van der Waals surface area contributed by atoms with Crippen molar-refractivity contribution in [1.82, 2.24) is 4.98 Å². The maximum absolute atomic E-state index is 13.5. The van der Waals surface area contributed by atoms with Crippen LogP contribution in [-0.2, 0) is 0 Å². The van der Waals surface area contributed by atoms with Crippen molar-refractivity contribution in [2.75, 3.05) is 5.32 Å². The number of aromatic nitrogens is 1. The molecule has 0 atom stereocenters. The summed E-state index contributed by atoms with van der Waals surface area (Å²) in [5.74, 6) is -1.34. The molecule has 0 amide bonds. The second-order valence-corrected chi connectivity index (χ2v) is 4.98. The van der Waals surface area contributed by atoms with E-state index in [-0.39, 0.29) is 11.4 Å². The topological polar surface area (TPSA) is 62.2 Å². The molecule has 2 aromatic carbocycles. The van der Waals surface area contributed by atoms with Crippen LogP contribution in [-0.4, -0.2) is 16.1 Å². The molecule has 0 unspecified atom stereocenters. The largest absolute Gasteiger partial charge is 0.478 e. The number of carbonyl (C=O) groups is 1. The van der Waals surface area contributed by atoms with Crippen molar-refractivity contribution in [2.24, 2.45) is 0 Å². The van der Waals surface area contributed by atoms with Crippen LogP contribution in [0.3, 0.4) is 0 Å². The maximum atomic E-state index is 13.5. The summed E-state index contributed by atoms with van der Waals surface area (Å²) < 4.78 is 13.5. The first-order valence-corrected chi connectivity index (χ1v) is 6.70. The van der Waals surface area contributed by atoms with Crippen molar-refractivity contribution in [3.8, 4) is 0 Å². The molecule has 4 nitrogen and oxygen atoms in total. The minimum absolute atomic E-state index is 0.186. The number of benzene rings is 2. The number of fused-ring (bicyclic) bond motifs is 1. The molecule has 0 spiro atoms. The molecule has 0 aliphatic heterocycles. The average molecular weight is 296 g/mol. The summed E-state index contributed by atoms with van der Waals surface area (Å²) in [5, 5.41) is 12.8. The molecule has 1 heterocycles. The maximum Gasteiger partial charge on any atom is 0.335 e. The van der Waals surface area contributed by atoms with Crippen LogP contribution in [0.15, 0.2) is 48.5 Å². The number of carboxylic acid groups (broad SMARTS) is 1. The van der Waals surface area contributed by atoms with Gasteiger partial charge in [-0.3, -0.25) is 4.98 Å². The van der Waals surface area contributed by atoms with E-state index in [1.54, 1.807) is 24.3 Å². The Morgan fingerprint density at radius 1 is 1.18 bits per heavy atom. The molecule has 1 aromatic heterocycles. The van der Waals surface area contributed by atoms with Gasteiger partial charge >= 0.3 is 5.97 Å². The van der Waals surface area contributed by atoms with Crippen LogP contribution in [0.4, 0.5) is 15.8 Å². The Kier molecular flexibility index (Phi) is 3.47. The first-order valence-electron chi connectivity index (χ1n) is 6.70. The van der Waals surface area contributed by atoms with Crippen LogP contribution in [0, 0.1) is 12.7 Å². The Bertz CT molecular complexity index is 878. The summed E-state index contributed by atoms with van der Waals surface area (Å²) in [6, 6.07) is 12.7. The van der Waals surface area contributed by atoms with E-state index in [4.69, 9.17) is 5.11 Å². The lowest BCUT2D eigenvalue weighted by atomic mass is 10.1. The molecule has 0 saturated carbocycles. The number of nitrogens with one attached hydrogen (secondary N) is 1. The van der Waals surface area contributed by atoms with Crippen molar-refractivity contribution in [3.63, 3.8) is 0 Å². The summed E-state index contributed by atoms with van der Waals surface area (Å²) in [6.45, 7) is 1.85. The van der Waals surface area contributed by atoms with Gasteiger partial charge in [-0.2, -0.15) is 0 Å². The molecule has 0 saturated heterocycles. The number of aromatic carboxylic acids is 1. The van der Waals surface area contributed by atoms with Crippen LogP contribution >= 0.6 is 0 Å². The highest BCUT2D eigenvalue weighted by Crippen LogP contribution is 2.27. The number of pyridine rings is 1. The number of hydrogen-bond donors (Lipinski definition) is 2. The van der Waals surface area contributed by atoms with Crippen molar-refractivity contribution < 1.29 is 14.3 Å². The van der Waals surface area contributed by atoms with Gasteiger partial charge in [-0.25, -0.2) is 9.18 Å². The Hall–Kier alpha value is -2.95. The number of carboxylic acids is 1. The molecule has 2 N–H and O–H groups in total. The smallest absolute Gasteiger partial charge is 0.335 e. The van der Waals surface area contributed by atoms with Gasteiger partial charge in [-0.1, -0.05) is 6.07 Å². The first-order chi connectivity index (χ1) is 10.5. The number of hydrogen-bond acceptors (Lipinski definition) is 3. The van der Waals surface area contributed by atoms with Crippen LogP contribution < -0.4 is 5.32 Å². The highest BCUT2D eigenvalue weighted by molar-refractivity contribution is 5.94. The molecule has 3 rings (SSSR count). The highest BCUT2D eigenvalue weighted by Gasteiger charge is 2.08. The fraction of sp³-hybridized carbons (Fsp3) is 0.0588. The third-order valence-corrected chi connectivity index (χ3v) is 3.29. The number of halogens is 1. The Morgan fingerprint density at radius 2 is 2.00 bits per heavy atom. The Labute approximate surface area is 126 Å². The van der Waals surface area contributed by atoms with Crippen molar-refractivity contribution in [2.45, 2.75) is 6.92 Å². The predicted octanol–water partition coefficient (Wildman–Crippen LogP) is 4.12. The fourth-order valence-corrected chi connectivity index (χ4v) is 2.32. The van der Waals surface area contributed by atoms with Crippen LogP contribution in [0.25, 0.3) is 10.9 Å². The van der Waals surface area contributed by atoms with Crippen LogP contribution in [0.1, 0.15) is 16.1 Å². The summed E-state index contributed by atoms with van der Waals surface area (Å²) >= 11 is 0. The van der Waals surface area contributed by atoms with Gasteiger partial charge in [0.2, 0.25) is 0 Å². The van der Waals surface area contributed by atoms with Crippen molar-refractivity contribution >= 4 is 28.2 Å². The van der Waals surface area contributed by atoms with Crippen LogP contribution in [0.2, 0.25) is 0 Å². The van der Waals surface area contributed by atoms with E-state index in [1.165, 1.54) is 24.3 Å². The monoisotopic (exact) mass is 296 g/mol. The Balaban J connectivity index is 2.08. The molecule has 5 heteroatoms. The molecular formula is C17H13FN2O2. The van der Waals surface area contributed by atoms with E-state index in [0.717, 1.165) is 5.69 Å². The normalized spacial score (nSPS) is 10.6. The third kappa shape index (κ3) is 2.74. The minimum Gasteiger partial charge on any atom is -0.478 e. The van der Waals surface area contributed by atoms with E-state index in [1.807, 2.05) is 6.92 Å². The average Bonchev–Trinajstić information content (AvgIpc) is 2.48. The Morgan fingerprint density at radius 3 is 2.77 bits per heavy atom. The number of anilines is 2. The van der Waals surface area contributed by atoms with E-state index >= 15 is 0 Å². The number of rotatable bonds is 3.